The van der Waals surface area contributed by atoms with E-state index in [9.17, 15) is 4.79 Å². The number of hydrogen-bond acceptors (Lipinski definition) is 5. The van der Waals surface area contributed by atoms with Crippen LogP contribution < -0.4 is 11.5 Å². The fourth-order valence-electron chi connectivity index (χ4n) is 1.43. The number of nitrogens with zero attached hydrogens (tertiary/aromatic N) is 1. The van der Waals surface area contributed by atoms with Gasteiger partial charge in [0.2, 0.25) is 0 Å². The number of rotatable bonds is 3. The Morgan fingerprint density at radius 1 is 1.39 bits per heavy atom. The number of oxazole rings is 1. The lowest BCUT2D eigenvalue weighted by molar-refractivity contribution is 0.100. The lowest BCUT2D eigenvalue weighted by atomic mass is 10.2. The molecule has 0 bridgehead atoms. The first-order chi connectivity index (χ1) is 8.49. The lowest BCUT2D eigenvalue weighted by Gasteiger charge is -2.06. The summed E-state index contributed by atoms with van der Waals surface area (Å²) in [5, 5.41) is 0.498. The number of carbonyl (C=O) groups excluding carboxylic acids is 1. The van der Waals surface area contributed by atoms with Gasteiger partial charge in [0.25, 0.3) is 11.1 Å². The van der Waals surface area contributed by atoms with Crippen molar-refractivity contribution in [2.24, 2.45) is 5.73 Å². The van der Waals surface area contributed by atoms with E-state index in [1.807, 2.05) is 13.8 Å². The highest BCUT2D eigenvalue weighted by Crippen LogP contribution is 2.33. The smallest absolute Gasteiger partial charge is 0.261 e. The normalized spacial score (nSPS) is 10.6. The maximum atomic E-state index is 11.2. The van der Waals surface area contributed by atoms with Crippen LogP contribution in [0.5, 0.6) is 0 Å². The molecule has 2 rings (SSSR count). The summed E-state index contributed by atoms with van der Waals surface area (Å²) in [5.74, 6) is 0.219. The minimum Gasteiger partial charge on any atom is -0.436 e. The van der Waals surface area contributed by atoms with Gasteiger partial charge in [-0.1, -0.05) is 6.07 Å². The first-order valence-corrected chi connectivity index (χ1v) is 6.11. The van der Waals surface area contributed by atoms with Crippen LogP contribution in [-0.2, 0) is 0 Å². The molecule has 0 aliphatic rings. The van der Waals surface area contributed by atoms with Crippen molar-refractivity contribution in [3.63, 3.8) is 0 Å². The van der Waals surface area contributed by atoms with Crippen LogP contribution in [0.3, 0.4) is 0 Å². The second kappa shape index (κ2) is 4.73. The Morgan fingerprint density at radius 3 is 2.67 bits per heavy atom. The van der Waals surface area contributed by atoms with Crippen molar-refractivity contribution in [2.45, 2.75) is 24.0 Å². The summed E-state index contributed by atoms with van der Waals surface area (Å²) in [5.41, 5.74) is 12.6. The van der Waals surface area contributed by atoms with Crippen molar-refractivity contribution in [3.8, 4) is 0 Å². The standard InChI is InChI=1S/C12H13N3O2S/c1-6-7(2)17-12(15-6)18-9-5-3-4-8(10(9)13)11(14)16/h3-5H,13H2,1-2H3,(H2,14,16). The van der Waals surface area contributed by atoms with E-state index in [0.29, 0.717) is 21.4 Å². The largest absolute Gasteiger partial charge is 0.436 e. The maximum Gasteiger partial charge on any atom is 0.261 e. The Labute approximate surface area is 109 Å². The Hall–Kier alpha value is -1.95. The fraction of sp³-hybridized carbons (Fsp3) is 0.167. The molecule has 1 heterocycles. The van der Waals surface area contributed by atoms with Crippen molar-refractivity contribution >= 4 is 23.4 Å². The third-order valence-electron chi connectivity index (χ3n) is 2.54. The zero-order chi connectivity index (χ0) is 13.3. The predicted molar refractivity (Wildman–Crippen MR) is 69.5 cm³/mol. The molecule has 1 aromatic heterocycles. The van der Waals surface area contributed by atoms with Crippen LogP contribution >= 0.6 is 11.8 Å². The summed E-state index contributed by atoms with van der Waals surface area (Å²) in [4.78, 5) is 16.1. The third kappa shape index (κ3) is 2.33. The summed E-state index contributed by atoms with van der Waals surface area (Å²) in [6.07, 6.45) is 0. The van der Waals surface area contributed by atoms with Gasteiger partial charge in [0.1, 0.15) is 5.76 Å². The van der Waals surface area contributed by atoms with Gasteiger partial charge in [-0.3, -0.25) is 4.79 Å². The average Bonchev–Trinajstić information content (AvgIpc) is 2.60. The van der Waals surface area contributed by atoms with Crippen LogP contribution in [0, 0.1) is 13.8 Å². The number of para-hydroxylation sites is 1. The van der Waals surface area contributed by atoms with Gasteiger partial charge in [-0.25, -0.2) is 4.98 Å². The molecule has 0 spiro atoms. The number of anilines is 1. The van der Waals surface area contributed by atoms with E-state index in [0.717, 1.165) is 11.5 Å². The molecule has 0 unspecified atom stereocenters. The molecule has 0 saturated heterocycles. The minimum atomic E-state index is -0.547. The molecule has 0 aliphatic carbocycles. The van der Waals surface area contributed by atoms with Crippen LogP contribution in [-0.4, -0.2) is 10.9 Å². The van der Waals surface area contributed by atoms with Crippen LogP contribution in [0.15, 0.2) is 32.7 Å². The number of carbonyl (C=O) groups is 1. The van der Waals surface area contributed by atoms with E-state index in [2.05, 4.69) is 4.98 Å². The highest BCUT2D eigenvalue weighted by Gasteiger charge is 2.13. The van der Waals surface area contributed by atoms with Crippen LogP contribution in [0.4, 0.5) is 5.69 Å². The molecule has 0 fully saturated rings. The molecule has 0 radical (unpaired) electrons. The summed E-state index contributed by atoms with van der Waals surface area (Å²) in [7, 11) is 0. The topological polar surface area (TPSA) is 95.1 Å². The molecule has 4 N–H and O–H groups in total. The number of primary amides is 1. The Morgan fingerprint density at radius 2 is 2.11 bits per heavy atom. The molecule has 1 aromatic carbocycles. The summed E-state index contributed by atoms with van der Waals surface area (Å²) >= 11 is 1.27. The molecule has 0 saturated carbocycles. The number of hydrogen-bond donors (Lipinski definition) is 2. The van der Waals surface area contributed by atoms with Crippen LogP contribution in [0.2, 0.25) is 0 Å². The van der Waals surface area contributed by atoms with Crippen molar-refractivity contribution in [3.05, 3.63) is 35.2 Å². The van der Waals surface area contributed by atoms with Gasteiger partial charge in [-0.05, 0) is 37.7 Å². The molecule has 2 aromatic rings. The van der Waals surface area contributed by atoms with E-state index in [4.69, 9.17) is 15.9 Å². The van der Waals surface area contributed by atoms with Crippen molar-refractivity contribution in [1.29, 1.82) is 0 Å². The van der Waals surface area contributed by atoms with E-state index in [1.54, 1.807) is 18.2 Å². The van der Waals surface area contributed by atoms with E-state index in [1.165, 1.54) is 11.8 Å². The zero-order valence-electron chi connectivity index (χ0n) is 10.1. The first-order valence-electron chi connectivity index (χ1n) is 5.29. The van der Waals surface area contributed by atoms with Crippen molar-refractivity contribution in [1.82, 2.24) is 4.98 Å². The van der Waals surface area contributed by atoms with E-state index in [-0.39, 0.29) is 0 Å². The van der Waals surface area contributed by atoms with Crippen molar-refractivity contribution < 1.29 is 9.21 Å². The summed E-state index contributed by atoms with van der Waals surface area (Å²) in [6, 6.07) is 5.11. The van der Waals surface area contributed by atoms with Gasteiger partial charge in [-0.2, -0.15) is 0 Å². The fourth-order valence-corrected chi connectivity index (χ4v) is 2.33. The number of nitrogen functional groups attached to an aromatic ring is 1. The molecular weight excluding hydrogens is 250 g/mol. The van der Waals surface area contributed by atoms with Gasteiger partial charge in [0.15, 0.2) is 0 Å². The Balaban J connectivity index is 2.35. The molecule has 0 atom stereocenters. The maximum absolute atomic E-state index is 11.2. The third-order valence-corrected chi connectivity index (χ3v) is 3.46. The molecular formula is C12H13N3O2S. The van der Waals surface area contributed by atoms with E-state index < -0.39 is 5.91 Å². The van der Waals surface area contributed by atoms with Gasteiger partial charge in [0.05, 0.1) is 16.9 Å². The molecule has 1 amide bonds. The first kappa shape index (κ1) is 12.5. The molecule has 6 heteroatoms. The summed E-state index contributed by atoms with van der Waals surface area (Å²) < 4.78 is 5.45. The van der Waals surface area contributed by atoms with Crippen LogP contribution in [0.25, 0.3) is 0 Å². The molecule has 0 aliphatic heterocycles. The lowest BCUT2D eigenvalue weighted by Crippen LogP contribution is -2.13. The monoisotopic (exact) mass is 263 g/mol. The number of aryl methyl sites for hydroxylation is 2. The molecule has 5 nitrogen and oxygen atoms in total. The van der Waals surface area contributed by atoms with E-state index >= 15 is 0 Å². The van der Waals surface area contributed by atoms with Gasteiger partial charge in [-0.15, -0.1) is 0 Å². The minimum absolute atomic E-state index is 0.306. The predicted octanol–water partition coefficient (Wildman–Crippen LogP) is 2.12. The second-order valence-electron chi connectivity index (χ2n) is 3.81. The van der Waals surface area contributed by atoms with Crippen molar-refractivity contribution in [2.75, 3.05) is 5.73 Å². The number of aromatic nitrogens is 1. The van der Waals surface area contributed by atoms with Gasteiger partial charge in [0, 0.05) is 4.90 Å². The number of benzene rings is 1. The molecule has 94 valence electrons. The SMILES string of the molecule is Cc1nc(Sc2cccc(C(N)=O)c2N)oc1C. The van der Waals surface area contributed by atoms with Gasteiger partial charge < -0.3 is 15.9 Å². The zero-order valence-corrected chi connectivity index (χ0v) is 10.9. The Kier molecular flexibility index (Phi) is 3.29. The second-order valence-corrected chi connectivity index (χ2v) is 4.80. The van der Waals surface area contributed by atoms with Crippen LogP contribution in [0.1, 0.15) is 21.8 Å². The number of nitrogens with two attached hydrogens (primary N) is 2. The van der Waals surface area contributed by atoms with Gasteiger partial charge >= 0.3 is 0 Å². The highest BCUT2D eigenvalue weighted by atomic mass is 32.2. The average molecular weight is 263 g/mol. The highest BCUT2D eigenvalue weighted by molar-refractivity contribution is 7.99. The molecule has 18 heavy (non-hydrogen) atoms. The Bertz CT molecular complexity index is 588. The number of amides is 1. The quantitative estimate of drug-likeness (QED) is 0.827. The summed E-state index contributed by atoms with van der Waals surface area (Å²) in [6.45, 7) is 3.71.